The van der Waals surface area contributed by atoms with Crippen molar-refractivity contribution in [2.24, 2.45) is 0 Å². The summed E-state index contributed by atoms with van der Waals surface area (Å²) in [4.78, 5) is 7.21. The SMILES string of the molecule is [C-]#[N+]C([N+]#[C-])=C1c2c(C)c(C)c(C)c(C)c2-c2c(C)c(C)c(C)c(C)c21. The molecule has 0 N–H and O–H groups in total. The molecule has 2 nitrogen and oxygen atoms in total. The number of benzene rings is 2. The van der Waals surface area contributed by atoms with E-state index in [0.717, 1.165) is 16.7 Å². The Morgan fingerprint density at radius 2 is 0.731 bits per heavy atom. The van der Waals surface area contributed by atoms with Crippen LogP contribution in [-0.2, 0) is 0 Å². The summed E-state index contributed by atoms with van der Waals surface area (Å²) in [5, 5.41) is 0. The van der Waals surface area contributed by atoms with Gasteiger partial charge in [0, 0.05) is 0 Å². The van der Waals surface area contributed by atoms with Gasteiger partial charge in [-0.15, -0.1) is 0 Å². The van der Waals surface area contributed by atoms with Gasteiger partial charge in [-0.05, 0) is 122 Å². The van der Waals surface area contributed by atoms with Gasteiger partial charge in [0.15, 0.2) is 0 Å². The zero-order valence-corrected chi connectivity index (χ0v) is 16.9. The van der Waals surface area contributed by atoms with E-state index < -0.39 is 0 Å². The normalized spacial score (nSPS) is 11.7. The summed E-state index contributed by atoms with van der Waals surface area (Å²) in [6, 6.07) is 0. The Morgan fingerprint density at radius 3 is 1.00 bits per heavy atom. The highest BCUT2D eigenvalue weighted by molar-refractivity contribution is 6.08. The van der Waals surface area contributed by atoms with E-state index in [2.05, 4.69) is 65.1 Å². The van der Waals surface area contributed by atoms with Crippen molar-refractivity contribution >= 4 is 5.57 Å². The van der Waals surface area contributed by atoms with Crippen LogP contribution >= 0.6 is 0 Å². The van der Waals surface area contributed by atoms with Crippen LogP contribution in [0, 0.1) is 68.5 Å². The summed E-state index contributed by atoms with van der Waals surface area (Å²) in [5.41, 5.74) is 15.5. The standard InChI is InChI=1S/C24H24N2/c1-11-13(3)17(7)21-19(15(11)5)20-16(6)12(2)14(4)18(8)22(20)23(21)24(25-9)26-10/h1-8H3. The molecular weight excluding hydrogens is 316 g/mol. The molecule has 2 aromatic rings. The van der Waals surface area contributed by atoms with Gasteiger partial charge in [-0.3, -0.25) is 0 Å². The van der Waals surface area contributed by atoms with Gasteiger partial charge in [0.1, 0.15) is 13.1 Å². The van der Waals surface area contributed by atoms with Gasteiger partial charge in [-0.2, -0.15) is 9.69 Å². The molecule has 0 aromatic heterocycles. The van der Waals surface area contributed by atoms with Crippen LogP contribution in [0.3, 0.4) is 0 Å². The van der Waals surface area contributed by atoms with Crippen LogP contribution in [0.4, 0.5) is 0 Å². The summed E-state index contributed by atoms with van der Waals surface area (Å²) in [5.74, 6) is 0.182. The predicted molar refractivity (Wildman–Crippen MR) is 109 cm³/mol. The summed E-state index contributed by atoms with van der Waals surface area (Å²) >= 11 is 0. The topological polar surface area (TPSA) is 8.72 Å². The number of hydrogen-bond acceptors (Lipinski definition) is 0. The highest BCUT2D eigenvalue weighted by Gasteiger charge is 2.37. The van der Waals surface area contributed by atoms with Crippen LogP contribution in [0.1, 0.15) is 55.6 Å². The molecular formula is C24H24N2. The lowest BCUT2D eigenvalue weighted by Crippen LogP contribution is -1.99. The molecule has 130 valence electrons. The molecule has 26 heavy (non-hydrogen) atoms. The second-order valence-electron chi connectivity index (χ2n) is 7.42. The molecule has 2 heteroatoms. The lowest BCUT2D eigenvalue weighted by atomic mass is 9.86. The number of nitrogens with zero attached hydrogens (tertiary/aromatic N) is 2. The highest BCUT2D eigenvalue weighted by atomic mass is 14.9. The molecule has 0 fully saturated rings. The quantitative estimate of drug-likeness (QED) is 0.403. The van der Waals surface area contributed by atoms with Crippen molar-refractivity contribution in [1.82, 2.24) is 0 Å². The van der Waals surface area contributed by atoms with Gasteiger partial charge in [0.2, 0.25) is 0 Å². The van der Waals surface area contributed by atoms with Crippen LogP contribution < -0.4 is 0 Å². The Morgan fingerprint density at radius 1 is 0.462 bits per heavy atom. The van der Waals surface area contributed by atoms with E-state index in [1.165, 1.54) is 55.6 Å². The molecule has 0 spiro atoms. The molecule has 0 heterocycles. The van der Waals surface area contributed by atoms with Gasteiger partial charge in [0.05, 0.1) is 5.57 Å². The Hall–Kier alpha value is -2.84. The maximum atomic E-state index is 7.60. The van der Waals surface area contributed by atoms with Gasteiger partial charge in [0.25, 0.3) is 0 Å². The summed E-state index contributed by atoms with van der Waals surface area (Å²) in [7, 11) is 0. The van der Waals surface area contributed by atoms with Gasteiger partial charge >= 0.3 is 5.82 Å². The van der Waals surface area contributed by atoms with Crippen LogP contribution in [0.15, 0.2) is 5.82 Å². The first-order chi connectivity index (χ1) is 12.2. The zero-order chi connectivity index (χ0) is 19.5. The van der Waals surface area contributed by atoms with Crippen molar-refractivity contribution in [3.63, 3.8) is 0 Å². The smallest absolute Gasteiger partial charge is 0.153 e. The van der Waals surface area contributed by atoms with Crippen molar-refractivity contribution in [3.05, 3.63) is 84.3 Å². The first kappa shape index (κ1) is 18.0. The van der Waals surface area contributed by atoms with Crippen LogP contribution in [0.5, 0.6) is 0 Å². The van der Waals surface area contributed by atoms with E-state index in [9.17, 15) is 0 Å². The first-order valence-corrected chi connectivity index (χ1v) is 8.89. The average molecular weight is 340 g/mol. The maximum absolute atomic E-state index is 7.60. The number of rotatable bonds is 0. The Kier molecular flexibility index (Phi) is 4.05. The maximum Gasteiger partial charge on any atom is 0.527 e. The average Bonchev–Trinajstić information content (AvgIpc) is 2.98. The monoisotopic (exact) mass is 340 g/mol. The molecule has 0 unspecified atom stereocenters. The first-order valence-electron chi connectivity index (χ1n) is 8.89. The van der Waals surface area contributed by atoms with Crippen molar-refractivity contribution < 1.29 is 0 Å². The fourth-order valence-electron chi connectivity index (χ4n) is 4.36. The lowest BCUT2D eigenvalue weighted by molar-refractivity contribution is 1.20. The van der Waals surface area contributed by atoms with Gasteiger partial charge in [-0.25, -0.2) is 0 Å². The second kappa shape index (κ2) is 5.86. The zero-order valence-electron chi connectivity index (χ0n) is 16.9. The minimum Gasteiger partial charge on any atom is -0.153 e. The molecule has 1 aliphatic rings. The van der Waals surface area contributed by atoms with Gasteiger partial charge < -0.3 is 0 Å². The fraction of sp³-hybridized carbons (Fsp3) is 0.333. The Balaban J connectivity index is 2.74. The summed E-state index contributed by atoms with van der Waals surface area (Å²) in [6.07, 6.45) is 0. The molecule has 0 bridgehead atoms. The largest absolute Gasteiger partial charge is 0.527 e. The number of hydrogen-bond donors (Lipinski definition) is 0. The van der Waals surface area contributed by atoms with Crippen molar-refractivity contribution in [1.29, 1.82) is 0 Å². The second-order valence-corrected chi connectivity index (χ2v) is 7.42. The third kappa shape index (κ3) is 2.03. The van der Waals surface area contributed by atoms with Crippen LogP contribution in [0.25, 0.3) is 26.4 Å². The van der Waals surface area contributed by atoms with E-state index in [-0.39, 0.29) is 5.82 Å². The van der Waals surface area contributed by atoms with E-state index in [4.69, 9.17) is 13.1 Å². The molecule has 3 rings (SSSR count). The minimum absolute atomic E-state index is 0.182. The third-order valence-electron chi connectivity index (χ3n) is 6.56. The summed E-state index contributed by atoms with van der Waals surface area (Å²) in [6.45, 7) is 32.4. The molecule has 0 saturated heterocycles. The minimum atomic E-state index is 0.182. The van der Waals surface area contributed by atoms with E-state index in [1.807, 2.05) is 0 Å². The molecule has 2 aromatic carbocycles. The molecule has 1 aliphatic carbocycles. The van der Waals surface area contributed by atoms with Gasteiger partial charge in [-0.1, -0.05) is 0 Å². The molecule has 0 atom stereocenters. The molecule has 0 aliphatic heterocycles. The third-order valence-corrected chi connectivity index (χ3v) is 6.56. The number of fused-ring (bicyclic) bond motifs is 3. The molecule has 0 saturated carbocycles. The van der Waals surface area contributed by atoms with E-state index in [0.29, 0.717) is 0 Å². The van der Waals surface area contributed by atoms with E-state index in [1.54, 1.807) is 0 Å². The van der Waals surface area contributed by atoms with Crippen molar-refractivity contribution in [2.45, 2.75) is 55.4 Å². The Bertz CT molecular complexity index is 1030. The summed E-state index contributed by atoms with van der Waals surface area (Å²) < 4.78 is 0. The Labute approximate surface area is 156 Å². The van der Waals surface area contributed by atoms with Crippen molar-refractivity contribution in [3.8, 4) is 11.1 Å². The highest BCUT2D eigenvalue weighted by Crippen LogP contribution is 2.54. The predicted octanol–water partition coefficient (Wildman–Crippen LogP) is 6.69. The van der Waals surface area contributed by atoms with Crippen LogP contribution in [-0.4, -0.2) is 0 Å². The lowest BCUT2D eigenvalue weighted by Gasteiger charge is -2.18. The molecule has 0 amide bonds. The van der Waals surface area contributed by atoms with Crippen molar-refractivity contribution in [2.75, 3.05) is 0 Å². The fourth-order valence-corrected chi connectivity index (χ4v) is 4.36. The molecule has 0 radical (unpaired) electrons. The van der Waals surface area contributed by atoms with E-state index >= 15 is 0 Å². The van der Waals surface area contributed by atoms with Crippen LogP contribution in [0.2, 0.25) is 0 Å².